The minimum atomic E-state index is -0.336. The number of rotatable bonds is 8. The van der Waals surface area contributed by atoms with Crippen LogP contribution in [0.2, 0.25) is 0 Å². The van der Waals surface area contributed by atoms with Gasteiger partial charge in [-0.05, 0) is 26.2 Å². The lowest BCUT2D eigenvalue weighted by atomic mass is 10.2. The van der Waals surface area contributed by atoms with Crippen molar-refractivity contribution in [2.75, 3.05) is 23.7 Å². The Hall–Kier alpha value is -1.85. The number of nitrogens with zero attached hydrogens (tertiary/aromatic N) is 2. The third kappa shape index (κ3) is 6.42. The molecular weight excluding hydrogens is 266 g/mol. The van der Waals surface area contributed by atoms with Crippen molar-refractivity contribution in [2.45, 2.75) is 47.1 Å². The quantitative estimate of drug-likeness (QED) is 0.684. The van der Waals surface area contributed by atoms with E-state index in [1.54, 1.807) is 0 Å². The molecule has 0 spiro atoms. The van der Waals surface area contributed by atoms with E-state index in [1.165, 1.54) is 0 Å². The summed E-state index contributed by atoms with van der Waals surface area (Å²) in [6.07, 6.45) is 1.01. The molecule has 0 saturated carbocycles. The summed E-state index contributed by atoms with van der Waals surface area (Å²) in [6, 6.07) is 1.50. The second-order valence-corrected chi connectivity index (χ2v) is 5.65. The molecule has 1 heterocycles. The normalized spacial score (nSPS) is 12.1. The second kappa shape index (κ2) is 8.44. The molecule has 0 aliphatic heterocycles. The number of anilines is 2. The van der Waals surface area contributed by atoms with E-state index >= 15 is 0 Å². The molecule has 1 amide bonds. The van der Waals surface area contributed by atoms with Crippen LogP contribution in [0.3, 0.4) is 0 Å². The Labute approximate surface area is 127 Å². The first-order chi connectivity index (χ1) is 9.92. The predicted molar refractivity (Wildman–Crippen MR) is 86.5 cm³/mol. The van der Waals surface area contributed by atoms with Crippen LogP contribution in [-0.4, -0.2) is 35.0 Å². The topological polar surface area (TPSA) is 78.9 Å². The van der Waals surface area contributed by atoms with Crippen LogP contribution in [0.25, 0.3) is 0 Å². The first-order valence-corrected chi connectivity index (χ1v) is 7.56. The molecule has 0 saturated heterocycles. The smallest absolute Gasteiger partial charge is 0.242 e. The highest BCUT2D eigenvalue weighted by Gasteiger charge is 2.13. The van der Waals surface area contributed by atoms with Crippen LogP contribution in [0.15, 0.2) is 6.07 Å². The van der Waals surface area contributed by atoms with E-state index in [-0.39, 0.29) is 11.9 Å². The summed E-state index contributed by atoms with van der Waals surface area (Å²) in [5, 5.41) is 9.18. The van der Waals surface area contributed by atoms with Crippen molar-refractivity contribution in [3.8, 4) is 0 Å². The highest BCUT2D eigenvalue weighted by molar-refractivity contribution is 5.83. The molecule has 6 heteroatoms. The van der Waals surface area contributed by atoms with Gasteiger partial charge in [0.1, 0.15) is 11.9 Å². The molecule has 0 aliphatic rings. The van der Waals surface area contributed by atoms with Crippen LogP contribution >= 0.6 is 0 Å². The summed E-state index contributed by atoms with van der Waals surface area (Å²) in [4.78, 5) is 20.7. The fourth-order valence-electron chi connectivity index (χ4n) is 1.70. The molecule has 0 aromatic carbocycles. The maximum absolute atomic E-state index is 12.0. The third-order valence-corrected chi connectivity index (χ3v) is 2.83. The van der Waals surface area contributed by atoms with Crippen LogP contribution < -0.4 is 16.0 Å². The SMILES string of the molecule is CCCNc1nc(C)cc(NC(C)C(=O)NCC(C)C)n1. The molecule has 1 aromatic heterocycles. The van der Waals surface area contributed by atoms with Gasteiger partial charge >= 0.3 is 0 Å². The molecule has 1 rings (SSSR count). The molecule has 118 valence electrons. The van der Waals surface area contributed by atoms with Gasteiger partial charge in [0.05, 0.1) is 0 Å². The average Bonchev–Trinajstić information content (AvgIpc) is 2.41. The predicted octanol–water partition coefficient (Wildman–Crippen LogP) is 2.18. The monoisotopic (exact) mass is 293 g/mol. The van der Waals surface area contributed by atoms with E-state index in [4.69, 9.17) is 0 Å². The van der Waals surface area contributed by atoms with E-state index in [9.17, 15) is 4.79 Å². The Morgan fingerprint density at radius 1 is 1.29 bits per heavy atom. The van der Waals surface area contributed by atoms with Crippen molar-refractivity contribution in [1.82, 2.24) is 15.3 Å². The van der Waals surface area contributed by atoms with Gasteiger partial charge in [0.15, 0.2) is 0 Å². The number of carbonyl (C=O) groups is 1. The molecule has 1 atom stereocenters. The molecule has 3 N–H and O–H groups in total. The second-order valence-electron chi connectivity index (χ2n) is 5.65. The Bertz CT molecular complexity index is 461. The molecule has 0 aliphatic carbocycles. The lowest BCUT2D eigenvalue weighted by molar-refractivity contribution is -0.121. The number of amides is 1. The first-order valence-electron chi connectivity index (χ1n) is 7.56. The zero-order chi connectivity index (χ0) is 15.8. The van der Waals surface area contributed by atoms with Gasteiger partial charge in [-0.25, -0.2) is 4.98 Å². The Morgan fingerprint density at radius 3 is 2.62 bits per heavy atom. The molecule has 1 unspecified atom stereocenters. The lowest BCUT2D eigenvalue weighted by Gasteiger charge is -2.16. The van der Waals surface area contributed by atoms with E-state index < -0.39 is 0 Å². The van der Waals surface area contributed by atoms with Crippen molar-refractivity contribution in [3.63, 3.8) is 0 Å². The summed E-state index contributed by atoms with van der Waals surface area (Å²) in [6.45, 7) is 11.5. The van der Waals surface area contributed by atoms with Gasteiger partial charge in [-0.1, -0.05) is 20.8 Å². The zero-order valence-electron chi connectivity index (χ0n) is 13.7. The number of carbonyl (C=O) groups excluding carboxylic acids is 1. The van der Waals surface area contributed by atoms with Crippen molar-refractivity contribution >= 4 is 17.7 Å². The number of hydrogen-bond acceptors (Lipinski definition) is 5. The maximum atomic E-state index is 12.0. The highest BCUT2D eigenvalue weighted by atomic mass is 16.2. The van der Waals surface area contributed by atoms with Gasteiger partial charge in [-0.3, -0.25) is 4.79 Å². The summed E-state index contributed by atoms with van der Waals surface area (Å²) < 4.78 is 0. The molecule has 0 radical (unpaired) electrons. The zero-order valence-corrected chi connectivity index (χ0v) is 13.7. The Kier molecular flexibility index (Phi) is 6.91. The summed E-state index contributed by atoms with van der Waals surface area (Å²) in [5.74, 6) is 1.66. The summed E-state index contributed by atoms with van der Waals surface area (Å²) in [5.41, 5.74) is 0.862. The molecular formula is C15H27N5O. The van der Waals surface area contributed by atoms with E-state index in [1.807, 2.05) is 19.9 Å². The molecule has 21 heavy (non-hydrogen) atoms. The van der Waals surface area contributed by atoms with Crippen molar-refractivity contribution in [3.05, 3.63) is 11.8 Å². The van der Waals surface area contributed by atoms with E-state index in [2.05, 4.69) is 46.7 Å². The van der Waals surface area contributed by atoms with Crippen LogP contribution in [0.4, 0.5) is 11.8 Å². The standard InChI is InChI=1S/C15H27N5O/c1-6-7-16-15-18-11(4)8-13(20-15)19-12(5)14(21)17-9-10(2)3/h8,10,12H,6-7,9H2,1-5H3,(H,17,21)(H2,16,18,19,20). The van der Waals surface area contributed by atoms with Crippen LogP contribution in [0.5, 0.6) is 0 Å². The number of aromatic nitrogens is 2. The van der Waals surface area contributed by atoms with Gasteiger partial charge in [0.25, 0.3) is 0 Å². The van der Waals surface area contributed by atoms with Gasteiger partial charge in [0.2, 0.25) is 11.9 Å². The van der Waals surface area contributed by atoms with Gasteiger partial charge in [-0.15, -0.1) is 0 Å². The largest absolute Gasteiger partial charge is 0.358 e. The fraction of sp³-hybridized carbons (Fsp3) is 0.667. The van der Waals surface area contributed by atoms with Crippen LogP contribution in [0, 0.1) is 12.8 Å². The third-order valence-electron chi connectivity index (χ3n) is 2.83. The van der Waals surface area contributed by atoms with Crippen molar-refractivity contribution in [1.29, 1.82) is 0 Å². The van der Waals surface area contributed by atoms with Crippen molar-refractivity contribution < 1.29 is 4.79 Å². The van der Waals surface area contributed by atoms with Crippen molar-refractivity contribution in [2.24, 2.45) is 5.92 Å². The van der Waals surface area contributed by atoms with Crippen LogP contribution in [0.1, 0.15) is 39.8 Å². The molecule has 6 nitrogen and oxygen atoms in total. The highest BCUT2D eigenvalue weighted by Crippen LogP contribution is 2.11. The average molecular weight is 293 g/mol. The number of aryl methyl sites for hydroxylation is 1. The minimum Gasteiger partial charge on any atom is -0.358 e. The Morgan fingerprint density at radius 2 is 2.00 bits per heavy atom. The van der Waals surface area contributed by atoms with Gasteiger partial charge < -0.3 is 16.0 Å². The van der Waals surface area contributed by atoms with E-state index in [0.717, 1.165) is 18.7 Å². The molecule has 0 fully saturated rings. The van der Waals surface area contributed by atoms with Crippen LogP contribution in [-0.2, 0) is 4.79 Å². The lowest BCUT2D eigenvalue weighted by Crippen LogP contribution is -2.39. The number of hydrogen-bond donors (Lipinski definition) is 3. The number of nitrogens with one attached hydrogen (secondary N) is 3. The van der Waals surface area contributed by atoms with E-state index in [0.29, 0.717) is 24.2 Å². The summed E-state index contributed by atoms with van der Waals surface area (Å²) in [7, 11) is 0. The van der Waals surface area contributed by atoms with Gasteiger partial charge in [0, 0.05) is 24.8 Å². The minimum absolute atomic E-state index is 0.0250. The fourth-order valence-corrected chi connectivity index (χ4v) is 1.70. The molecule has 1 aromatic rings. The summed E-state index contributed by atoms with van der Waals surface area (Å²) >= 11 is 0. The molecule has 0 bridgehead atoms. The van der Waals surface area contributed by atoms with Gasteiger partial charge in [-0.2, -0.15) is 4.98 Å². The maximum Gasteiger partial charge on any atom is 0.242 e. The first kappa shape index (κ1) is 17.2. The Balaban J connectivity index is 2.64.